The number of hydrogen-bond donors (Lipinski definition) is 1. The number of benzene rings is 1. The van der Waals surface area contributed by atoms with Crippen LogP contribution in [0.3, 0.4) is 0 Å². The highest BCUT2D eigenvalue weighted by Crippen LogP contribution is 2.32. The minimum absolute atomic E-state index is 0.0101. The Bertz CT molecular complexity index is 1020. The molecule has 0 bridgehead atoms. The normalized spacial score (nSPS) is 23.1. The van der Waals surface area contributed by atoms with Gasteiger partial charge in [0.25, 0.3) is 0 Å². The van der Waals surface area contributed by atoms with E-state index in [4.69, 9.17) is 11.6 Å². The van der Waals surface area contributed by atoms with Crippen molar-refractivity contribution in [2.45, 2.75) is 21.5 Å². The lowest BCUT2D eigenvalue weighted by atomic mass is 10.1. The fourth-order valence-corrected chi connectivity index (χ4v) is 9.87. The summed E-state index contributed by atoms with van der Waals surface area (Å²) in [6.07, 6.45) is 0. The van der Waals surface area contributed by atoms with Gasteiger partial charge in [-0.1, -0.05) is 41.9 Å². The van der Waals surface area contributed by atoms with E-state index in [1.54, 1.807) is 0 Å². The highest BCUT2D eigenvalue weighted by atomic mass is 35.5. The molecule has 1 aromatic carbocycles. The molecule has 1 aliphatic rings. The summed E-state index contributed by atoms with van der Waals surface area (Å²) < 4.78 is 51.0. The first-order chi connectivity index (χ1) is 13.1. The van der Waals surface area contributed by atoms with Crippen LogP contribution < -0.4 is 5.32 Å². The van der Waals surface area contributed by atoms with Gasteiger partial charge in [-0.05, 0) is 31.8 Å². The number of likely N-dealkylation sites (N-methyl/N-ethyl adjacent to an activating group) is 1. The molecular formula is C18H23ClN2O4S3. The Balaban J connectivity index is 1.83. The summed E-state index contributed by atoms with van der Waals surface area (Å²) in [5, 5.41) is 2.20. The van der Waals surface area contributed by atoms with Crippen molar-refractivity contribution in [3.8, 4) is 0 Å². The van der Waals surface area contributed by atoms with Crippen LogP contribution in [-0.4, -0.2) is 65.2 Å². The monoisotopic (exact) mass is 462 g/mol. The second-order valence-corrected chi connectivity index (χ2v) is 13.4. The molecule has 1 aromatic heterocycles. The van der Waals surface area contributed by atoms with Crippen molar-refractivity contribution in [1.29, 1.82) is 0 Å². The lowest BCUT2D eigenvalue weighted by molar-refractivity contribution is 0.282. The van der Waals surface area contributed by atoms with Crippen LogP contribution in [0.15, 0.2) is 46.7 Å². The predicted molar refractivity (Wildman–Crippen MR) is 114 cm³/mol. The predicted octanol–water partition coefficient (Wildman–Crippen LogP) is 2.23. The van der Waals surface area contributed by atoms with Crippen LogP contribution in [-0.2, 0) is 19.7 Å². The van der Waals surface area contributed by atoms with Crippen LogP contribution in [0.2, 0.25) is 4.34 Å². The van der Waals surface area contributed by atoms with Gasteiger partial charge < -0.3 is 10.2 Å². The van der Waals surface area contributed by atoms with Gasteiger partial charge in [-0.3, -0.25) is 0 Å². The Labute approximate surface area is 175 Å². The van der Waals surface area contributed by atoms with Gasteiger partial charge in [-0.25, -0.2) is 16.8 Å². The molecule has 1 saturated heterocycles. The molecule has 1 fully saturated rings. The Morgan fingerprint density at radius 1 is 1.18 bits per heavy atom. The Morgan fingerprint density at radius 3 is 2.43 bits per heavy atom. The van der Waals surface area contributed by atoms with E-state index in [9.17, 15) is 16.8 Å². The highest BCUT2D eigenvalue weighted by Gasteiger charge is 2.46. The van der Waals surface area contributed by atoms with Gasteiger partial charge in [0.05, 0.1) is 21.1 Å². The van der Waals surface area contributed by atoms with Crippen molar-refractivity contribution in [1.82, 2.24) is 10.2 Å². The lowest BCUT2D eigenvalue weighted by Gasteiger charge is -2.28. The van der Waals surface area contributed by atoms with Crippen molar-refractivity contribution in [2.24, 2.45) is 0 Å². The molecule has 2 heterocycles. The first-order valence-electron chi connectivity index (χ1n) is 8.74. The van der Waals surface area contributed by atoms with Crippen LogP contribution in [0, 0.1) is 0 Å². The van der Waals surface area contributed by atoms with Gasteiger partial charge in [-0.15, -0.1) is 11.3 Å². The minimum Gasteiger partial charge on any atom is -0.310 e. The summed E-state index contributed by atoms with van der Waals surface area (Å²) in [5.41, 5.74) is 1.07. The molecule has 0 aliphatic carbocycles. The van der Waals surface area contributed by atoms with Crippen molar-refractivity contribution < 1.29 is 16.8 Å². The van der Waals surface area contributed by atoms with E-state index in [2.05, 4.69) is 5.32 Å². The number of sulfone groups is 2. The van der Waals surface area contributed by atoms with Gasteiger partial charge >= 0.3 is 0 Å². The molecule has 0 saturated carbocycles. The molecule has 1 unspecified atom stereocenters. The fourth-order valence-electron chi connectivity index (χ4n) is 3.45. The SMILES string of the molecule is CN(C)C(CN[C@H]1CS(=O)(=O)C[C@@H]1S(=O)(=O)c1ccc(Cl)s1)c1ccccc1. The zero-order valence-corrected chi connectivity index (χ0v) is 18.8. The molecular weight excluding hydrogens is 440 g/mol. The zero-order chi connectivity index (χ0) is 20.5. The van der Waals surface area contributed by atoms with Crippen LogP contribution >= 0.6 is 22.9 Å². The van der Waals surface area contributed by atoms with E-state index < -0.39 is 31.0 Å². The average Bonchev–Trinajstić information content (AvgIpc) is 3.19. The van der Waals surface area contributed by atoms with Gasteiger partial charge in [-0.2, -0.15) is 0 Å². The minimum atomic E-state index is -3.79. The Morgan fingerprint density at radius 2 is 1.86 bits per heavy atom. The van der Waals surface area contributed by atoms with Crippen LogP contribution in [0.25, 0.3) is 0 Å². The molecule has 10 heteroatoms. The smallest absolute Gasteiger partial charge is 0.193 e. The number of nitrogens with zero attached hydrogens (tertiary/aromatic N) is 1. The molecule has 2 aromatic rings. The van der Waals surface area contributed by atoms with Gasteiger partial charge in [0.1, 0.15) is 4.21 Å². The topological polar surface area (TPSA) is 83.6 Å². The van der Waals surface area contributed by atoms with Crippen LogP contribution in [0.5, 0.6) is 0 Å². The molecule has 0 spiro atoms. The third-order valence-electron chi connectivity index (χ3n) is 4.91. The quantitative estimate of drug-likeness (QED) is 0.679. The fraction of sp³-hybridized carbons (Fsp3) is 0.444. The average molecular weight is 463 g/mol. The van der Waals surface area contributed by atoms with Crippen molar-refractivity contribution >= 4 is 42.6 Å². The van der Waals surface area contributed by atoms with Crippen molar-refractivity contribution in [3.63, 3.8) is 0 Å². The summed E-state index contributed by atoms with van der Waals surface area (Å²) in [6.45, 7) is 0.439. The maximum atomic E-state index is 13.0. The second-order valence-electron chi connectivity index (χ2n) is 7.12. The Hall–Kier alpha value is -0.970. The Kier molecular flexibility index (Phi) is 6.53. The molecule has 28 heavy (non-hydrogen) atoms. The zero-order valence-electron chi connectivity index (χ0n) is 15.6. The van der Waals surface area contributed by atoms with Gasteiger partial charge in [0.2, 0.25) is 0 Å². The van der Waals surface area contributed by atoms with E-state index in [0.29, 0.717) is 10.9 Å². The molecule has 154 valence electrons. The summed E-state index contributed by atoms with van der Waals surface area (Å²) in [4.78, 5) is 2.02. The van der Waals surface area contributed by atoms with Crippen molar-refractivity contribution in [2.75, 3.05) is 32.1 Å². The largest absolute Gasteiger partial charge is 0.310 e. The van der Waals surface area contributed by atoms with E-state index in [-0.39, 0.29) is 21.8 Å². The molecule has 0 radical (unpaired) electrons. The summed E-state index contributed by atoms with van der Waals surface area (Å²) >= 11 is 6.84. The first kappa shape index (κ1) is 21.7. The number of thiophene rings is 1. The number of rotatable bonds is 7. The summed E-state index contributed by atoms with van der Waals surface area (Å²) in [6, 6.07) is 12.1. The third-order valence-corrected chi connectivity index (χ3v) is 10.8. The van der Waals surface area contributed by atoms with E-state index >= 15 is 0 Å². The number of hydrogen-bond acceptors (Lipinski definition) is 7. The van der Waals surface area contributed by atoms with Crippen molar-refractivity contribution in [3.05, 3.63) is 52.4 Å². The lowest BCUT2D eigenvalue weighted by Crippen LogP contribution is -2.46. The summed E-state index contributed by atoms with van der Waals surface area (Å²) in [7, 11) is -3.36. The summed E-state index contributed by atoms with van der Waals surface area (Å²) in [5.74, 6) is -0.564. The van der Waals surface area contributed by atoms with Gasteiger partial charge in [0, 0.05) is 18.6 Å². The standard InChI is InChI=1S/C18H23ClN2O4S3/c1-21(2)15(13-6-4-3-5-7-13)10-20-14-11-27(22,23)12-16(14)28(24,25)18-9-8-17(19)26-18/h3-9,14-16,20H,10-12H2,1-2H3/t14-,15?,16-/m0/s1. The maximum absolute atomic E-state index is 13.0. The molecule has 3 atom stereocenters. The molecule has 3 rings (SSSR count). The van der Waals surface area contributed by atoms with Crippen LogP contribution in [0.4, 0.5) is 0 Å². The van der Waals surface area contributed by atoms with E-state index in [1.807, 2.05) is 49.3 Å². The number of halogens is 1. The van der Waals surface area contributed by atoms with E-state index in [0.717, 1.165) is 16.9 Å². The maximum Gasteiger partial charge on any atom is 0.193 e. The second kappa shape index (κ2) is 8.41. The molecule has 1 N–H and O–H groups in total. The highest BCUT2D eigenvalue weighted by molar-refractivity contribution is 7.97. The van der Waals surface area contributed by atoms with Crippen LogP contribution in [0.1, 0.15) is 11.6 Å². The van der Waals surface area contributed by atoms with Gasteiger partial charge in [0.15, 0.2) is 19.7 Å². The number of nitrogens with one attached hydrogen (secondary N) is 1. The molecule has 0 amide bonds. The van der Waals surface area contributed by atoms with E-state index in [1.165, 1.54) is 12.1 Å². The molecule has 6 nitrogen and oxygen atoms in total. The first-order valence-corrected chi connectivity index (χ1v) is 13.3. The molecule has 1 aliphatic heterocycles. The third kappa shape index (κ3) is 4.77.